The number of carbonyl (C=O) groups is 2. The molecule has 0 rings (SSSR count). The third-order valence-electron chi connectivity index (χ3n) is 3.68. The Bertz CT molecular complexity index is 305. The fraction of sp³-hybridized carbons (Fsp3) is 0.867. The van der Waals surface area contributed by atoms with Crippen molar-refractivity contribution in [3.05, 3.63) is 0 Å². The first-order chi connectivity index (χ1) is 9.29. The van der Waals surface area contributed by atoms with Gasteiger partial charge in [-0.3, -0.25) is 9.59 Å². The van der Waals surface area contributed by atoms with Gasteiger partial charge in [0.15, 0.2) is 0 Å². The van der Waals surface area contributed by atoms with E-state index < -0.39 is 17.9 Å². The van der Waals surface area contributed by atoms with E-state index in [2.05, 4.69) is 19.2 Å². The van der Waals surface area contributed by atoms with E-state index in [4.69, 9.17) is 5.73 Å². The quantitative estimate of drug-likeness (QED) is 0.572. The number of carboxylic acids is 1. The molecule has 3 atom stereocenters. The van der Waals surface area contributed by atoms with Crippen LogP contribution in [0.2, 0.25) is 0 Å². The maximum atomic E-state index is 11.7. The predicted octanol–water partition coefficient (Wildman–Crippen LogP) is 2.00. The predicted molar refractivity (Wildman–Crippen MR) is 80.3 cm³/mol. The van der Waals surface area contributed by atoms with E-state index in [1.807, 2.05) is 13.8 Å². The van der Waals surface area contributed by atoms with E-state index in [1.165, 1.54) is 0 Å². The molecule has 0 radical (unpaired) electrons. The third-order valence-corrected chi connectivity index (χ3v) is 3.68. The van der Waals surface area contributed by atoms with Gasteiger partial charge in [-0.15, -0.1) is 0 Å². The van der Waals surface area contributed by atoms with Crippen LogP contribution in [0, 0.1) is 17.8 Å². The van der Waals surface area contributed by atoms with Crippen LogP contribution in [0.5, 0.6) is 0 Å². The number of carbonyl (C=O) groups excluding carboxylic acids is 1. The summed E-state index contributed by atoms with van der Waals surface area (Å²) < 4.78 is 0. The second-order valence-electron chi connectivity index (χ2n) is 6.02. The van der Waals surface area contributed by atoms with Crippen LogP contribution in [0.1, 0.15) is 53.4 Å². The van der Waals surface area contributed by atoms with Gasteiger partial charge in [0.1, 0.15) is 0 Å². The Morgan fingerprint density at radius 3 is 2.20 bits per heavy atom. The van der Waals surface area contributed by atoms with Crippen molar-refractivity contribution in [2.75, 3.05) is 6.54 Å². The van der Waals surface area contributed by atoms with Gasteiger partial charge in [-0.05, 0) is 24.7 Å². The summed E-state index contributed by atoms with van der Waals surface area (Å²) in [5.74, 6) is -1.09. The molecule has 0 aliphatic heterocycles. The molecule has 0 heterocycles. The zero-order chi connectivity index (χ0) is 15.7. The Balaban J connectivity index is 4.22. The van der Waals surface area contributed by atoms with Crippen LogP contribution in [0.3, 0.4) is 0 Å². The molecule has 1 amide bonds. The number of nitrogens with two attached hydrogens (primary N) is 1. The maximum absolute atomic E-state index is 11.7. The van der Waals surface area contributed by atoms with Gasteiger partial charge in [0, 0.05) is 6.54 Å². The molecule has 118 valence electrons. The molecule has 0 saturated heterocycles. The number of hydrogen-bond acceptors (Lipinski definition) is 3. The lowest BCUT2D eigenvalue weighted by Crippen LogP contribution is -2.46. The first-order valence-corrected chi connectivity index (χ1v) is 7.55. The minimum atomic E-state index is -0.855. The van der Waals surface area contributed by atoms with Crippen molar-refractivity contribution in [3.8, 4) is 0 Å². The maximum Gasteiger partial charge on any atom is 0.308 e. The first-order valence-electron chi connectivity index (χ1n) is 7.55. The molecular weight excluding hydrogens is 256 g/mol. The third kappa shape index (κ3) is 7.48. The molecule has 5 nitrogen and oxygen atoms in total. The van der Waals surface area contributed by atoms with E-state index in [9.17, 15) is 14.7 Å². The number of nitrogens with one attached hydrogen (secondary N) is 1. The number of rotatable bonds is 10. The van der Waals surface area contributed by atoms with Crippen molar-refractivity contribution in [1.29, 1.82) is 0 Å². The van der Waals surface area contributed by atoms with Crippen LogP contribution in [-0.2, 0) is 9.59 Å². The summed E-state index contributed by atoms with van der Waals surface area (Å²) >= 11 is 0. The standard InChI is InChI=1S/C15H30N2O3/c1-5-6-11(4)7-8-12(15(19)20)9-17-14(18)13(16)10(2)3/h10-13H,5-9,16H2,1-4H3,(H,17,18)(H,19,20)/t11-,12?,13+/m1/s1. The molecular formula is C15H30N2O3. The lowest BCUT2D eigenvalue weighted by molar-refractivity contribution is -0.142. The Labute approximate surface area is 122 Å². The summed E-state index contributed by atoms with van der Waals surface area (Å²) in [6.45, 7) is 8.15. The molecule has 5 heteroatoms. The van der Waals surface area contributed by atoms with Crippen molar-refractivity contribution >= 4 is 11.9 Å². The minimum absolute atomic E-state index is 0.0443. The Morgan fingerprint density at radius 1 is 1.15 bits per heavy atom. The Kier molecular flexibility index (Phi) is 9.21. The average Bonchev–Trinajstić information content (AvgIpc) is 2.37. The van der Waals surface area contributed by atoms with Gasteiger partial charge in [0.2, 0.25) is 5.91 Å². The molecule has 20 heavy (non-hydrogen) atoms. The molecule has 1 unspecified atom stereocenters. The number of hydrogen-bond donors (Lipinski definition) is 3. The van der Waals surface area contributed by atoms with Crippen LogP contribution >= 0.6 is 0 Å². The summed E-state index contributed by atoms with van der Waals surface area (Å²) in [7, 11) is 0. The molecule has 4 N–H and O–H groups in total. The van der Waals surface area contributed by atoms with Crippen molar-refractivity contribution in [2.45, 2.75) is 59.4 Å². The highest BCUT2D eigenvalue weighted by molar-refractivity contribution is 5.82. The van der Waals surface area contributed by atoms with Crippen LogP contribution in [0.25, 0.3) is 0 Å². The second-order valence-corrected chi connectivity index (χ2v) is 6.02. The lowest BCUT2D eigenvalue weighted by Gasteiger charge is -2.19. The fourth-order valence-corrected chi connectivity index (χ4v) is 2.08. The number of aliphatic carboxylic acids is 1. The molecule has 0 bridgehead atoms. The monoisotopic (exact) mass is 286 g/mol. The number of amides is 1. The molecule has 0 fully saturated rings. The van der Waals surface area contributed by atoms with Gasteiger partial charge in [0.25, 0.3) is 0 Å². The average molecular weight is 286 g/mol. The highest BCUT2D eigenvalue weighted by Crippen LogP contribution is 2.16. The second kappa shape index (κ2) is 9.75. The van der Waals surface area contributed by atoms with E-state index in [0.29, 0.717) is 12.3 Å². The van der Waals surface area contributed by atoms with Crippen LogP contribution < -0.4 is 11.1 Å². The topological polar surface area (TPSA) is 92.4 Å². The number of carboxylic acid groups (broad SMARTS) is 1. The molecule has 0 aliphatic rings. The Hall–Kier alpha value is -1.10. The van der Waals surface area contributed by atoms with Crippen molar-refractivity contribution in [1.82, 2.24) is 5.32 Å². The van der Waals surface area contributed by atoms with Crippen LogP contribution in [0.4, 0.5) is 0 Å². The molecule has 0 aliphatic carbocycles. The fourth-order valence-electron chi connectivity index (χ4n) is 2.08. The first kappa shape index (κ1) is 18.9. The zero-order valence-electron chi connectivity index (χ0n) is 13.2. The largest absolute Gasteiger partial charge is 0.481 e. The molecule has 0 spiro atoms. The van der Waals surface area contributed by atoms with E-state index >= 15 is 0 Å². The van der Waals surface area contributed by atoms with Crippen molar-refractivity contribution < 1.29 is 14.7 Å². The molecule has 0 saturated carbocycles. The lowest BCUT2D eigenvalue weighted by atomic mass is 9.94. The summed E-state index contributed by atoms with van der Waals surface area (Å²) in [6.07, 6.45) is 3.68. The summed E-state index contributed by atoms with van der Waals surface area (Å²) in [4.78, 5) is 22.9. The zero-order valence-corrected chi connectivity index (χ0v) is 13.2. The van der Waals surface area contributed by atoms with Gasteiger partial charge < -0.3 is 16.2 Å². The van der Waals surface area contributed by atoms with E-state index in [-0.39, 0.29) is 18.4 Å². The van der Waals surface area contributed by atoms with Gasteiger partial charge in [-0.2, -0.15) is 0 Å². The highest BCUT2D eigenvalue weighted by atomic mass is 16.4. The summed E-state index contributed by atoms with van der Waals surface area (Å²) in [6, 6.07) is -0.580. The van der Waals surface area contributed by atoms with Crippen molar-refractivity contribution in [3.63, 3.8) is 0 Å². The highest BCUT2D eigenvalue weighted by Gasteiger charge is 2.22. The van der Waals surface area contributed by atoms with Gasteiger partial charge in [0.05, 0.1) is 12.0 Å². The van der Waals surface area contributed by atoms with Crippen LogP contribution in [0.15, 0.2) is 0 Å². The molecule has 0 aromatic rings. The summed E-state index contributed by atoms with van der Waals surface area (Å²) in [5.41, 5.74) is 5.72. The smallest absolute Gasteiger partial charge is 0.308 e. The molecule has 0 aromatic carbocycles. The van der Waals surface area contributed by atoms with Crippen molar-refractivity contribution in [2.24, 2.45) is 23.5 Å². The van der Waals surface area contributed by atoms with E-state index in [0.717, 1.165) is 19.3 Å². The van der Waals surface area contributed by atoms with Gasteiger partial charge in [-0.1, -0.05) is 40.5 Å². The van der Waals surface area contributed by atoms with Crippen LogP contribution in [-0.4, -0.2) is 29.6 Å². The van der Waals surface area contributed by atoms with E-state index in [1.54, 1.807) is 0 Å². The normalized spacial score (nSPS) is 15.7. The van der Waals surface area contributed by atoms with Gasteiger partial charge in [-0.25, -0.2) is 0 Å². The summed E-state index contributed by atoms with van der Waals surface area (Å²) in [5, 5.41) is 11.9. The minimum Gasteiger partial charge on any atom is -0.481 e. The Morgan fingerprint density at radius 2 is 1.75 bits per heavy atom. The van der Waals surface area contributed by atoms with Gasteiger partial charge >= 0.3 is 5.97 Å². The molecule has 0 aromatic heterocycles. The SMILES string of the molecule is CCC[C@@H](C)CCC(CNC(=O)[C@@H](N)C(C)C)C(=O)O.